The van der Waals surface area contributed by atoms with Crippen LogP contribution in [0, 0.1) is 13.8 Å². The molecule has 142 valence electrons. The van der Waals surface area contributed by atoms with Crippen molar-refractivity contribution in [3.8, 4) is 11.5 Å². The van der Waals surface area contributed by atoms with Crippen LogP contribution in [0.4, 0.5) is 5.69 Å². The van der Waals surface area contributed by atoms with Gasteiger partial charge in [0.1, 0.15) is 0 Å². The molecule has 0 aliphatic rings. The van der Waals surface area contributed by atoms with Crippen LogP contribution in [-0.4, -0.2) is 26.3 Å². The molecule has 4 aromatic rings. The molecule has 0 unspecified atom stereocenters. The fourth-order valence-corrected chi connectivity index (χ4v) is 3.69. The van der Waals surface area contributed by atoms with E-state index in [1.807, 2.05) is 69.4 Å². The maximum Gasteiger partial charge on any atom is 0.277 e. The Labute approximate surface area is 166 Å². The number of fused-ring (bicyclic) bond motifs is 1. The van der Waals surface area contributed by atoms with Gasteiger partial charge in [-0.05, 0) is 38.5 Å². The lowest BCUT2D eigenvalue weighted by atomic mass is 10.1. The lowest BCUT2D eigenvalue weighted by Crippen LogP contribution is -2.22. The van der Waals surface area contributed by atoms with Crippen LogP contribution in [0.15, 0.2) is 58.3 Å². The number of para-hydroxylation sites is 1. The van der Waals surface area contributed by atoms with E-state index in [0.717, 1.165) is 33.3 Å². The molecule has 4 rings (SSSR count). The number of aromatic amines is 1. The predicted molar refractivity (Wildman–Crippen MR) is 111 cm³/mol. The second kappa shape index (κ2) is 7.52. The number of nitrogens with zero attached hydrogens (tertiary/aromatic N) is 2. The highest BCUT2D eigenvalue weighted by Gasteiger charge is 2.20. The average Bonchev–Trinajstić information content (AvgIpc) is 3.30. The summed E-state index contributed by atoms with van der Waals surface area (Å²) in [6.07, 6.45) is 1.85. The van der Waals surface area contributed by atoms with Crippen molar-refractivity contribution < 1.29 is 9.21 Å². The quantitative estimate of drug-likeness (QED) is 0.469. The molecular formula is C21H20N4O2S. The minimum atomic E-state index is -0.378. The van der Waals surface area contributed by atoms with Gasteiger partial charge in [0.15, 0.2) is 0 Å². The van der Waals surface area contributed by atoms with Crippen LogP contribution in [-0.2, 0) is 4.79 Å². The standard InChI is InChI=1S/C21H20N4O2S/c1-12-8-9-17(13(2)10-12)23-19(26)14(3)28-21-25-24-20(27-21)16-11-22-18-7-5-4-6-15(16)18/h4-11,14,22H,1-3H3,(H,23,26)/t14-/m1/s1. The number of rotatable bonds is 5. The second-order valence-electron chi connectivity index (χ2n) is 6.69. The summed E-state index contributed by atoms with van der Waals surface area (Å²) in [6, 6.07) is 13.9. The second-order valence-corrected chi connectivity index (χ2v) is 7.98. The van der Waals surface area contributed by atoms with Crippen molar-refractivity contribution >= 4 is 34.3 Å². The molecule has 2 N–H and O–H groups in total. The Bertz CT molecular complexity index is 1150. The van der Waals surface area contributed by atoms with Crippen LogP contribution >= 0.6 is 11.8 Å². The number of H-pyrrole nitrogens is 1. The number of hydrogen-bond acceptors (Lipinski definition) is 5. The van der Waals surface area contributed by atoms with Crippen LogP contribution < -0.4 is 5.32 Å². The van der Waals surface area contributed by atoms with Gasteiger partial charge in [-0.2, -0.15) is 0 Å². The van der Waals surface area contributed by atoms with Crippen molar-refractivity contribution in [1.82, 2.24) is 15.2 Å². The van der Waals surface area contributed by atoms with Crippen molar-refractivity contribution in [3.05, 3.63) is 59.8 Å². The van der Waals surface area contributed by atoms with E-state index < -0.39 is 0 Å². The Morgan fingerprint density at radius 3 is 2.82 bits per heavy atom. The molecule has 2 heterocycles. The Morgan fingerprint density at radius 2 is 2.00 bits per heavy atom. The van der Waals surface area contributed by atoms with Crippen LogP contribution in [0.3, 0.4) is 0 Å². The molecule has 0 aliphatic carbocycles. The zero-order chi connectivity index (χ0) is 19.7. The normalized spacial score (nSPS) is 12.2. The summed E-state index contributed by atoms with van der Waals surface area (Å²) < 4.78 is 5.79. The van der Waals surface area contributed by atoms with Crippen molar-refractivity contribution in [2.45, 2.75) is 31.2 Å². The fraction of sp³-hybridized carbons (Fsp3) is 0.190. The average molecular weight is 392 g/mol. The maximum absolute atomic E-state index is 12.5. The van der Waals surface area contributed by atoms with Crippen LogP contribution in [0.25, 0.3) is 22.4 Å². The van der Waals surface area contributed by atoms with E-state index in [2.05, 4.69) is 20.5 Å². The molecule has 2 aromatic heterocycles. The number of nitrogens with one attached hydrogen (secondary N) is 2. The molecule has 7 heteroatoms. The molecule has 2 aromatic carbocycles. The first-order valence-electron chi connectivity index (χ1n) is 8.96. The predicted octanol–water partition coefficient (Wildman–Crippen LogP) is 4.95. The minimum Gasteiger partial charge on any atom is -0.411 e. The van der Waals surface area contributed by atoms with Crippen LogP contribution in [0.2, 0.25) is 0 Å². The van der Waals surface area contributed by atoms with Gasteiger partial charge in [-0.15, -0.1) is 10.2 Å². The molecule has 0 fully saturated rings. The van der Waals surface area contributed by atoms with E-state index in [0.29, 0.717) is 11.1 Å². The number of benzene rings is 2. The number of aryl methyl sites for hydroxylation is 2. The Balaban J connectivity index is 1.46. The summed E-state index contributed by atoms with van der Waals surface area (Å²) in [5.41, 5.74) is 4.86. The van der Waals surface area contributed by atoms with Gasteiger partial charge in [-0.3, -0.25) is 4.79 Å². The number of thioether (sulfide) groups is 1. The molecular weight excluding hydrogens is 372 g/mol. The first kappa shape index (κ1) is 18.3. The molecule has 1 amide bonds. The number of amides is 1. The number of aromatic nitrogens is 3. The minimum absolute atomic E-state index is 0.108. The summed E-state index contributed by atoms with van der Waals surface area (Å²) in [7, 11) is 0. The molecule has 0 aliphatic heterocycles. The topological polar surface area (TPSA) is 83.8 Å². The maximum atomic E-state index is 12.5. The number of carbonyl (C=O) groups is 1. The Kier molecular flexibility index (Phi) is 4.92. The molecule has 6 nitrogen and oxygen atoms in total. The van der Waals surface area contributed by atoms with Gasteiger partial charge in [0.2, 0.25) is 5.91 Å². The summed E-state index contributed by atoms with van der Waals surface area (Å²) in [5.74, 6) is 0.325. The number of anilines is 1. The lowest BCUT2D eigenvalue weighted by Gasteiger charge is -2.12. The highest BCUT2D eigenvalue weighted by Crippen LogP contribution is 2.31. The van der Waals surface area contributed by atoms with Crippen molar-refractivity contribution in [1.29, 1.82) is 0 Å². The van der Waals surface area contributed by atoms with Crippen molar-refractivity contribution in [3.63, 3.8) is 0 Å². The zero-order valence-electron chi connectivity index (χ0n) is 15.8. The number of carbonyl (C=O) groups excluding carboxylic acids is 1. The summed E-state index contributed by atoms with van der Waals surface area (Å²) in [6.45, 7) is 5.82. The van der Waals surface area contributed by atoms with E-state index in [-0.39, 0.29) is 11.2 Å². The zero-order valence-corrected chi connectivity index (χ0v) is 16.6. The van der Waals surface area contributed by atoms with Gasteiger partial charge >= 0.3 is 0 Å². The summed E-state index contributed by atoms with van der Waals surface area (Å²) in [5, 5.41) is 12.2. The smallest absolute Gasteiger partial charge is 0.277 e. The highest BCUT2D eigenvalue weighted by molar-refractivity contribution is 8.00. The fourth-order valence-electron chi connectivity index (χ4n) is 3.01. The van der Waals surface area contributed by atoms with Crippen LogP contribution in [0.1, 0.15) is 18.1 Å². The van der Waals surface area contributed by atoms with Crippen molar-refractivity contribution in [2.75, 3.05) is 5.32 Å². The third kappa shape index (κ3) is 3.66. The van der Waals surface area contributed by atoms with Gasteiger partial charge in [-0.25, -0.2) is 0 Å². The summed E-state index contributed by atoms with van der Waals surface area (Å²) >= 11 is 1.24. The molecule has 0 radical (unpaired) electrons. The van der Waals surface area contributed by atoms with Gasteiger partial charge in [0, 0.05) is 22.8 Å². The van der Waals surface area contributed by atoms with E-state index >= 15 is 0 Å². The lowest BCUT2D eigenvalue weighted by molar-refractivity contribution is -0.115. The van der Waals surface area contributed by atoms with Gasteiger partial charge in [-0.1, -0.05) is 47.7 Å². The molecule has 1 atom stereocenters. The monoisotopic (exact) mass is 392 g/mol. The molecule has 0 saturated heterocycles. The first-order valence-corrected chi connectivity index (χ1v) is 9.84. The third-order valence-corrected chi connectivity index (χ3v) is 5.45. The largest absolute Gasteiger partial charge is 0.411 e. The van der Waals surface area contributed by atoms with E-state index in [1.165, 1.54) is 11.8 Å². The molecule has 28 heavy (non-hydrogen) atoms. The third-order valence-electron chi connectivity index (χ3n) is 4.51. The Morgan fingerprint density at radius 1 is 1.18 bits per heavy atom. The first-order chi connectivity index (χ1) is 13.5. The van der Waals surface area contributed by atoms with E-state index in [4.69, 9.17) is 4.42 Å². The Hall–Kier alpha value is -3.06. The molecule has 0 saturated carbocycles. The molecule has 0 spiro atoms. The summed E-state index contributed by atoms with van der Waals surface area (Å²) in [4.78, 5) is 15.7. The van der Waals surface area contributed by atoms with Gasteiger partial charge < -0.3 is 14.7 Å². The van der Waals surface area contributed by atoms with Gasteiger partial charge in [0.05, 0.1) is 10.8 Å². The van der Waals surface area contributed by atoms with E-state index in [9.17, 15) is 4.79 Å². The van der Waals surface area contributed by atoms with Crippen molar-refractivity contribution in [2.24, 2.45) is 0 Å². The van der Waals surface area contributed by atoms with E-state index in [1.54, 1.807) is 0 Å². The molecule has 0 bridgehead atoms. The van der Waals surface area contributed by atoms with Crippen LogP contribution in [0.5, 0.6) is 0 Å². The highest BCUT2D eigenvalue weighted by atomic mass is 32.2. The van der Waals surface area contributed by atoms with Gasteiger partial charge in [0.25, 0.3) is 11.1 Å². The number of hydrogen-bond donors (Lipinski definition) is 2. The SMILES string of the molecule is Cc1ccc(NC(=O)[C@@H](C)Sc2nnc(-c3c[nH]c4ccccc34)o2)c(C)c1.